The Hall–Kier alpha value is -3.28. The molecule has 162 valence electrons. The van der Waals surface area contributed by atoms with Crippen LogP contribution in [0.4, 0.5) is 11.4 Å². The number of ether oxygens (including phenoxy) is 3. The summed E-state index contributed by atoms with van der Waals surface area (Å²) in [7, 11) is 0. The lowest BCUT2D eigenvalue weighted by atomic mass is 9.91. The number of nitro benzene ring substituents is 1. The lowest BCUT2D eigenvalue weighted by molar-refractivity contribution is -0.383. The molecule has 2 unspecified atom stereocenters. The summed E-state index contributed by atoms with van der Waals surface area (Å²) in [6.45, 7) is 6.17. The molecule has 0 radical (unpaired) electrons. The predicted octanol–water partition coefficient (Wildman–Crippen LogP) is 1.97. The van der Waals surface area contributed by atoms with Gasteiger partial charge in [0.25, 0.3) is 0 Å². The standard InChI is InChI=1S/C18H22N4O8/c1-5-13-17(28-9(3)23)18(29-10(4)24)14(8(2)27-13)19-11-6-7-12(22(25)26)16-15(11)20-30-21-16/h6-8,13-14,17-19H,5H2,1-4H3/t8-,13?,14+,17+,18?/m1/s1. The molecule has 1 aliphatic heterocycles. The number of hydrogen-bond acceptors (Lipinski definition) is 11. The van der Waals surface area contributed by atoms with Gasteiger partial charge in [-0.1, -0.05) is 6.92 Å². The number of benzene rings is 1. The largest absolute Gasteiger partial charge is 0.456 e. The van der Waals surface area contributed by atoms with Crippen molar-refractivity contribution < 1.29 is 33.4 Å². The average molecular weight is 422 g/mol. The third-order valence-corrected chi connectivity index (χ3v) is 4.86. The molecule has 1 fully saturated rings. The van der Waals surface area contributed by atoms with E-state index in [0.717, 1.165) is 0 Å². The second kappa shape index (κ2) is 8.61. The molecule has 2 heterocycles. The molecule has 0 spiro atoms. The lowest BCUT2D eigenvalue weighted by Crippen LogP contribution is -2.61. The molecule has 0 amide bonds. The third kappa shape index (κ3) is 4.17. The van der Waals surface area contributed by atoms with Gasteiger partial charge in [-0.15, -0.1) is 0 Å². The van der Waals surface area contributed by atoms with Crippen LogP contribution in [0.3, 0.4) is 0 Å². The molecule has 2 aromatic rings. The first-order valence-corrected chi connectivity index (χ1v) is 9.39. The van der Waals surface area contributed by atoms with E-state index in [0.29, 0.717) is 12.1 Å². The van der Waals surface area contributed by atoms with Crippen molar-refractivity contribution in [3.63, 3.8) is 0 Å². The van der Waals surface area contributed by atoms with E-state index in [-0.39, 0.29) is 16.7 Å². The lowest BCUT2D eigenvalue weighted by Gasteiger charge is -2.45. The van der Waals surface area contributed by atoms with Gasteiger partial charge in [-0.2, -0.15) is 0 Å². The summed E-state index contributed by atoms with van der Waals surface area (Å²) in [4.78, 5) is 34.1. The summed E-state index contributed by atoms with van der Waals surface area (Å²) in [5.74, 6) is -1.09. The minimum atomic E-state index is -0.870. The van der Waals surface area contributed by atoms with Crippen molar-refractivity contribution in [3.05, 3.63) is 22.2 Å². The molecule has 1 N–H and O–H groups in total. The van der Waals surface area contributed by atoms with Crippen LogP contribution in [0.2, 0.25) is 0 Å². The van der Waals surface area contributed by atoms with Gasteiger partial charge in [0.1, 0.15) is 0 Å². The molecule has 0 aliphatic carbocycles. The fraction of sp³-hybridized carbons (Fsp3) is 0.556. The van der Waals surface area contributed by atoms with Gasteiger partial charge in [0.05, 0.1) is 28.9 Å². The Labute approximate surface area is 170 Å². The maximum Gasteiger partial charge on any atom is 0.303 e. The summed E-state index contributed by atoms with van der Waals surface area (Å²) in [5.41, 5.74) is 0.220. The third-order valence-electron chi connectivity index (χ3n) is 4.86. The normalized spacial score (nSPS) is 26.2. The highest BCUT2D eigenvalue weighted by Gasteiger charge is 2.48. The van der Waals surface area contributed by atoms with Crippen molar-refractivity contribution in [2.45, 2.75) is 64.6 Å². The van der Waals surface area contributed by atoms with Crippen molar-refractivity contribution in [1.82, 2.24) is 10.3 Å². The number of carbonyl (C=O) groups is 2. The summed E-state index contributed by atoms with van der Waals surface area (Å²) >= 11 is 0. The smallest absolute Gasteiger partial charge is 0.303 e. The molecule has 1 aliphatic rings. The molecule has 30 heavy (non-hydrogen) atoms. The van der Waals surface area contributed by atoms with Crippen molar-refractivity contribution >= 4 is 34.3 Å². The second-order valence-electron chi connectivity index (χ2n) is 6.96. The van der Waals surface area contributed by atoms with Gasteiger partial charge < -0.3 is 19.5 Å². The Morgan fingerprint density at radius 1 is 1.17 bits per heavy atom. The van der Waals surface area contributed by atoms with Crippen molar-refractivity contribution in [2.75, 3.05) is 5.32 Å². The fourth-order valence-electron chi connectivity index (χ4n) is 3.61. The van der Waals surface area contributed by atoms with E-state index in [4.69, 9.17) is 14.2 Å². The SMILES string of the molecule is CCC1O[C@H](C)[C@H](Nc2ccc([N+](=O)[O-])c3nonc23)C(OC(C)=O)[C@H]1OC(C)=O. The van der Waals surface area contributed by atoms with Crippen LogP contribution in [0.15, 0.2) is 16.8 Å². The zero-order valence-corrected chi connectivity index (χ0v) is 16.9. The minimum Gasteiger partial charge on any atom is -0.456 e. The van der Waals surface area contributed by atoms with Gasteiger partial charge in [-0.05, 0) is 29.7 Å². The zero-order valence-electron chi connectivity index (χ0n) is 16.9. The number of esters is 2. The topological polar surface area (TPSA) is 156 Å². The van der Waals surface area contributed by atoms with Crippen LogP contribution in [0.25, 0.3) is 11.0 Å². The number of carbonyl (C=O) groups excluding carboxylic acids is 2. The van der Waals surface area contributed by atoms with Gasteiger partial charge in [0, 0.05) is 19.9 Å². The van der Waals surface area contributed by atoms with Gasteiger partial charge in [-0.3, -0.25) is 19.7 Å². The van der Waals surface area contributed by atoms with E-state index in [9.17, 15) is 19.7 Å². The van der Waals surface area contributed by atoms with Crippen LogP contribution in [-0.2, 0) is 23.8 Å². The first-order chi connectivity index (χ1) is 14.2. The van der Waals surface area contributed by atoms with E-state index < -0.39 is 47.3 Å². The number of nitro groups is 1. The van der Waals surface area contributed by atoms with Crippen LogP contribution in [-0.4, -0.2) is 57.6 Å². The predicted molar refractivity (Wildman–Crippen MR) is 102 cm³/mol. The molecule has 5 atom stereocenters. The van der Waals surface area contributed by atoms with E-state index >= 15 is 0 Å². The number of hydrogen-bond donors (Lipinski definition) is 1. The Kier molecular flexibility index (Phi) is 6.15. The van der Waals surface area contributed by atoms with Crippen LogP contribution >= 0.6 is 0 Å². The molecule has 3 rings (SSSR count). The van der Waals surface area contributed by atoms with Crippen LogP contribution in [0, 0.1) is 10.1 Å². The number of nitrogens with one attached hydrogen (secondary N) is 1. The Morgan fingerprint density at radius 2 is 1.80 bits per heavy atom. The Morgan fingerprint density at radius 3 is 2.40 bits per heavy atom. The molecule has 12 heteroatoms. The van der Waals surface area contributed by atoms with Gasteiger partial charge in [-0.25, -0.2) is 4.63 Å². The Balaban J connectivity index is 2.00. The monoisotopic (exact) mass is 422 g/mol. The molecule has 0 saturated carbocycles. The number of aromatic nitrogens is 2. The highest BCUT2D eigenvalue weighted by molar-refractivity contribution is 5.93. The summed E-state index contributed by atoms with van der Waals surface area (Å²) in [6.07, 6.45) is -2.12. The van der Waals surface area contributed by atoms with E-state index in [1.54, 1.807) is 6.92 Å². The molecule has 1 saturated heterocycles. The molecule has 1 aromatic heterocycles. The van der Waals surface area contributed by atoms with Crippen LogP contribution in [0.5, 0.6) is 0 Å². The quantitative estimate of drug-likeness (QED) is 0.412. The first kappa shape index (κ1) is 21.4. The van der Waals surface area contributed by atoms with Gasteiger partial charge in [0.2, 0.25) is 5.52 Å². The number of rotatable bonds is 6. The first-order valence-electron chi connectivity index (χ1n) is 9.39. The minimum absolute atomic E-state index is 0.0265. The Bertz CT molecular complexity index is 961. The molecular formula is C18H22N4O8. The van der Waals surface area contributed by atoms with E-state index in [1.165, 1.54) is 26.0 Å². The second-order valence-corrected chi connectivity index (χ2v) is 6.96. The summed E-state index contributed by atoms with van der Waals surface area (Å²) < 4.78 is 21.6. The van der Waals surface area contributed by atoms with Crippen LogP contribution < -0.4 is 5.32 Å². The van der Waals surface area contributed by atoms with Gasteiger partial charge in [0.15, 0.2) is 17.7 Å². The summed E-state index contributed by atoms with van der Waals surface area (Å²) in [5, 5.41) is 21.7. The zero-order chi connectivity index (χ0) is 22.0. The van der Waals surface area contributed by atoms with Crippen molar-refractivity contribution in [3.8, 4) is 0 Å². The maximum atomic E-state index is 11.8. The maximum absolute atomic E-state index is 11.8. The van der Waals surface area contributed by atoms with Crippen molar-refractivity contribution in [1.29, 1.82) is 0 Å². The summed E-state index contributed by atoms with van der Waals surface area (Å²) in [6, 6.07) is 2.07. The van der Waals surface area contributed by atoms with Crippen LogP contribution in [0.1, 0.15) is 34.1 Å². The van der Waals surface area contributed by atoms with E-state index in [2.05, 4.69) is 20.3 Å². The molecule has 12 nitrogen and oxygen atoms in total. The molecular weight excluding hydrogens is 400 g/mol. The number of non-ortho nitro benzene ring substituents is 1. The van der Waals surface area contributed by atoms with Gasteiger partial charge >= 0.3 is 17.6 Å². The number of nitrogens with zero attached hydrogens (tertiary/aromatic N) is 3. The molecule has 0 bridgehead atoms. The number of fused-ring (bicyclic) bond motifs is 1. The molecule has 1 aromatic carbocycles. The van der Waals surface area contributed by atoms with E-state index in [1.807, 2.05) is 6.92 Å². The average Bonchev–Trinajstić information content (AvgIpc) is 3.15. The fourth-order valence-corrected chi connectivity index (χ4v) is 3.61. The van der Waals surface area contributed by atoms with Crippen molar-refractivity contribution in [2.24, 2.45) is 0 Å². The number of anilines is 1. The highest BCUT2D eigenvalue weighted by Crippen LogP contribution is 2.33. The highest BCUT2D eigenvalue weighted by atomic mass is 16.6.